The Morgan fingerprint density at radius 2 is 2.00 bits per heavy atom. The van der Waals surface area contributed by atoms with Crippen LogP contribution in [0.4, 0.5) is 5.69 Å². The molecule has 0 bridgehead atoms. The summed E-state index contributed by atoms with van der Waals surface area (Å²) in [6, 6.07) is 8.54. The number of nitrogens with zero attached hydrogens (tertiary/aromatic N) is 1. The van der Waals surface area contributed by atoms with E-state index in [-0.39, 0.29) is 5.69 Å². The summed E-state index contributed by atoms with van der Waals surface area (Å²) in [7, 11) is -3.99. The first kappa shape index (κ1) is 13.3. The van der Waals surface area contributed by atoms with E-state index in [4.69, 9.17) is 5.11 Å². The maximum Gasteiger partial charge on any atom is 0.323 e. The van der Waals surface area contributed by atoms with Crippen LogP contribution in [0.2, 0.25) is 0 Å². The summed E-state index contributed by atoms with van der Waals surface area (Å²) in [5.41, 5.74) is 0.748. The van der Waals surface area contributed by atoms with E-state index in [1.807, 2.05) is 0 Å². The topological polar surface area (TPSA) is 96.4 Å². The van der Waals surface area contributed by atoms with Crippen LogP contribution in [0, 0.1) is 0 Å². The number of fused-ring (bicyclic) bond motifs is 1. The third-order valence-corrected chi connectivity index (χ3v) is 4.34. The number of aromatic nitrogens is 1. The van der Waals surface area contributed by atoms with Crippen molar-refractivity contribution >= 4 is 32.6 Å². The minimum atomic E-state index is -3.99. The molecule has 0 spiro atoms. The van der Waals surface area contributed by atoms with Gasteiger partial charge in [0.15, 0.2) is 5.25 Å². The molecule has 19 heavy (non-hydrogen) atoms. The molecule has 6 nitrogen and oxygen atoms in total. The number of carboxylic acids is 1. The number of hydrogen-bond acceptors (Lipinski definition) is 4. The lowest BCUT2D eigenvalue weighted by Gasteiger charge is -2.12. The average Bonchev–Trinajstić information content (AvgIpc) is 2.38. The molecule has 1 atom stereocenters. The molecule has 2 rings (SSSR count). The summed E-state index contributed by atoms with van der Waals surface area (Å²) in [6.07, 6.45) is 1.54. The van der Waals surface area contributed by atoms with Gasteiger partial charge in [0.25, 0.3) is 0 Å². The fourth-order valence-corrected chi connectivity index (χ4v) is 2.47. The third kappa shape index (κ3) is 2.65. The molecule has 1 unspecified atom stereocenters. The monoisotopic (exact) mass is 280 g/mol. The van der Waals surface area contributed by atoms with Gasteiger partial charge in [0.1, 0.15) is 0 Å². The summed E-state index contributed by atoms with van der Waals surface area (Å²) in [4.78, 5) is 14.9. The fraction of sp³-hybridized carbons (Fsp3) is 0.167. The van der Waals surface area contributed by atoms with Crippen molar-refractivity contribution in [1.82, 2.24) is 4.98 Å². The number of para-hydroxylation sites is 1. The van der Waals surface area contributed by atoms with Crippen molar-refractivity contribution in [3.05, 3.63) is 36.5 Å². The van der Waals surface area contributed by atoms with E-state index < -0.39 is 21.2 Å². The summed E-state index contributed by atoms with van der Waals surface area (Å²) in [5.74, 6) is -1.40. The molecular weight excluding hydrogens is 268 g/mol. The summed E-state index contributed by atoms with van der Waals surface area (Å²) < 4.78 is 26.0. The van der Waals surface area contributed by atoms with Crippen LogP contribution in [0.5, 0.6) is 0 Å². The average molecular weight is 280 g/mol. The number of pyridine rings is 1. The van der Waals surface area contributed by atoms with E-state index in [1.165, 1.54) is 0 Å². The Morgan fingerprint density at radius 3 is 2.68 bits per heavy atom. The van der Waals surface area contributed by atoms with Crippen molar-refractivity contribution in [2.45, 2.75) is 12.2 Å². The molecule has 0 radical (unpaired) electrons. The first-order valence-corrected chi connectivity index (χ1v) is 7.04. The molecule has 1 aromatic carbocycles. The Balaban J connectivity index is 2.45. The molecule has 0 saturated carbocycles. The van der Waals surface area contributed by atoms with Gasteiger partial charge in [-0.25, -0.2) is 8.42 Å². The van der Waals surface area contributed by atoms with Gasteiger partial charge >= 0.3 is 5.97 Å². The lowest BCUT2D eigenvalue weighted by molar-refractivity contribution is -0.136. The minimum absolute atomic E-state index is 0.270. The molecule has 0 aliphatic carbocycles. The lowest BCUT2D eigenvalue weighted by atomic mass is 10.2. The molecule has 2 N–H and O–H groups in total. The van der Waals surface area contributed by atoms with Gasteiger partial charge in [0.2, 0.25) is 10.0 Å². The summed E-state index contributed by atoms with van der Waals surface area (Å²) in [5, 5.41) is 8.01. The largest absolute Gasteiger partial charge is 0.480 e. The lowest BCUT2D eigenvalue weighted by Crippen LogP contribution is -2.32. The Kier molecular flexibility index (Phi) is 3.39. The molecular formula is C12H12N2O4S. The Labute approximate surface area is 110 Å². The van der Waals surface area contributed by atoms with Gasteiger partial charge in [-0.1, -0.05) is 18.2 Å². The maximum atomic E-state index is 11.9. The zero-order chi connectivity index (χ0) is 14.0. The molecule has 0 amide bonds. The highest BCUT2D eigenvalue weighted by molar-refractivity contribution is 7.94. The number of nitrogens with one attached hydrogen (secondary N) is 1. The van der Waals surface area contributed by atoms with Crippen LogP contribution in [0.25, 0.3) is 10.9 Å². The van der Waals surface area contributed by atoms with Crippen LogP contribution in [-0.2, 0) is 14.8 Å². The highest BCUT2D eigenvalue weighted by Gasteiger charge is 2.28. The van der Waals surface area contributed by atoms with Crippen molar-refractivity contribution in [2.24, 2.45) is 0 Å². The van der Waals surface area contributed by atoms with Gasteiger partial charge in [-0.3, -0.25) is 14.5 Å². The number of carbonyl (C=O) groups is 1. The van der Waals surface area contributed by atoms with Crippen molar-refractivity contribution in [1.29, 1.82) is 0 Å². The molecule has 7 heteroatoms. The van der Waals surface area contributed by atoms with Crippen molar-refractivity contribution < 1.29 is 18.3 Å². The number of sulfonamides is 1. The third-order valence-electron chi connectivity index (χ3n) is 2.70. The first-order valence-electron chi connectivity index (χ1n) is 5.50. The highest BCUT2D eigenvalue weighted by atomic mass is 32.2. The first-order chi connectivity index (χ1) is 8.92. The van der Waals surface area contributed by atoms with Gasteiger partial charge in [0.05, 0.1) is 11.2 Å². The van der Waals surface area contributed by atoms with Gasteiger partial charge in [0, 0.05) is 11.6 Å². The zero-order valence-corrected chi connectivity index (χ0v) is 10.9. The molecule has 100 valence electrons. The summed E-state index contributed by atoms with van der Waals surface area (Å²) >= 11 is 0. The van der Waals surface area contributed by atoms with E-state index in [2.05, 4.69) is 9.71 Å². The van der Waals surface area contributed by atoms with Gasteiger partial charge in [-0.15, -0.1) is 0 Å². The standard InChI is InChI=1S/C12H12N2O4S/c1-8(12(15)16)19(17,18)14-10-6-2-4-9-5-3-7-13-11(9)10/h2-8,14H,1H3,(H,15,16). The van der Waals surface area contributed by atoms with Crippen LogP contribution in [0.1, 0.15) is 6.92 Å². The SMILES string of the molecule is CC(C(=O)O)S(=O)(=O)Nc1cccc2cccnc12. The second-order valence-corrected chi connectivity index (χ2v) is 6.01. The highest BCUT2D eigenvalue weighted by Crippen LogP contribution is 2.22. The number of benzene rings is 1. The number of carboxylic acid groups (broad SMARTS) is 1. The van der Waals surface area contributed by atoms with Crippen LogP contribution in [0.15, 0.2) is 36.5 Å². The van der Waals surface area contributed by atoms with Gasteiger partial charge in [-0.05, 0) is 19.1 Å². The van der Waals surface area contributed by atoms with E-state index in [1.54, 1.807) is 36.5 Å². The van der Waals surface area contributed by atoms with E-state index >= 15 is 0 Å². The van der Waals surface area contributed by atoms with Gasteiger partial charge < -0.3 is 5.11 Å². The van der Waals surface area contributed by atoms with Crippen LogP contribution < -0.4 is 4.72 Å². The van der Waals surface area contributed by atoms with Crippen LogP contribution in [-0.4, -0.2) is 29.7 Å². The van der Waals surface area contributed by atoms with Crippen LogP contribution >= 0.6 is 0 Å². The number of aliphatic carboxylic acids is 1. The number of anilines is 1. The molecule has 0 aliphatic heterocycles. The maximum absolute atomic E-state index is 11.9. The molecule has 0 aliphatic rings. The molecule has 1 heterocycles. The van der Waals surface area contributed by atoms with Crippen LogP contribution in [0.3, 0.4) is 0 Å². The van der Waals surface area contributed by atoms with E-state index in [0.29, 0.717) is 5.52 Å². The number of rotatable bonds is 4. The van der Waals surface area contributed by atoms with Crippen molar-refractivity contribution in [3.8, 4) is 0 Å². The fourth-order valence-electron chi connectivity index (χ4n) is 1.56. The second-order valence-electron chi connectivity index (χ2n) is 4.01. The van der Waals surface area contributed by atoms with E-state index in [9.17, 15) is 13.2 Å². The predicted octanol–water partition coefficient (Wildman–Crippen LogP) is 1.45. The van der Waals surface area contributed by atoms with Gasteiger partial charge in [-0.2, -0.15) is 0 Å². The molecule has 1 aromatic heterocycles. The second kappa shape index (κ2) is 4.85. The molecule has 2 aromatic rings. The molecule has 0 fully saturated rings. The smallest absolute Gasteiger partial charge is 0.323 e. The van der Waals surface area contributed by atoms with Crippen molar-refractivity contribution in [3.63, 3.8) is 0 Å². The quantitative estimate of drug-likeness (QED) is 0.883. The normalized spacial score (nSPS) is 13.1. The predicted molar refractivity (Wildman–Crippen MR) is 71.4 cm³/mol. The Morgan fingerprint density at radius 1 is 1.32 bits per heavy atom. The molecule has 0 saturated heterocycles. The Bertz CT molecular complexity index is 722. The zero-order valence-electron chi connectivity index (χ0n) is 10.1. The van der Waals surface area contributed by atoms with Crippen molar-refractivity contribution in [2.75, 3.05) is 4.72 Å². The van der Waals surface area contributed by atoms with E-state index in [0.717, 1.165) is 12.3 Å². The minimum Gasteiger partial charge on any atom is -0.480 e. The Hall–Kier alpha value is -2.15. The number of hydrogen-bond donors (Lipinski definition) is 2. The summed E-state index contributed by atoms with van der Waals surface area (Å²) in [6.45, 7) is 1.11.